The first-order valence-corrected chi connectivity index (χ1v) is 12.4. The van der Waals surface area contributed by atoms with Crippen molar-refractivity contribution in [2.75, 3.05) is 38.5 Å². The Morgan fingerprint density at radius 3 is 2.31 bits per heavy atom. The van der Waals surface area contributed by atoms with Gasteiger partial charge < -0.3 is 9.30 Å². The molecule has 0 atom stereocenters. The molecule has 1 aromatic heterocycles. The Hall–Kier alpha value is -1.95. The molecule has 2 heterocycles. The van der Waals surface area contributed by atoms with Crippen molar-refractivity contribution in [3.63, 3.8) is 0 Å². The Kier molecular flexibility index (Phi) is 6.62. The summed E-state index contributed by atoms with van der Waals surface area (Å²) < 4.78 is 60.8. The second-order valence-corrected chi connectivity index (χ2v) is 10.8. The third-order valence-corrected chi connectivity index (χ3v) is 8.46. The van der Waals surface area contributed by atoms with Gasteiger partial charge in [-0.15, -0.1) is 0 Å². The van der Waals surface area contributed by atoms with Crippen LogP contribution in [0.25, 0.3) is 0 Å². The summed E-state index contributed by atoms with van der Waals surface area (Å²) in [6, 6.07) is 9.02. The van der Waals surface area contributed by atoms with Crippen molar-refractivity contribution in [2.45, 2.75) is 18.4 Å². The van der Waals surface area contributed by atoms with E-state index in [4.69, 9.17) is 4.74 Å². The van der Waals surface area contributed by atoms with Gasteiger partial charge in [0.2, 0.25) is 10.0 Å². The summed E-state index contributed by atoms with van der Waals surface area (Å²) in [6.45, 7) is 2.51. The van der Waals surface area contributed by atoms with Crippen LogP contribution in [0.3, 0.4) is 0 Å². The van der Waals surface area contributed by atoms with Crippen LogP contribution < -0.4 is 4.74 Å². The fourth-order valence-corrected chi connectivity index (χ4v) is 5.90. The van der Waals surface area contributed by atoms with E-state index in [2.05, 4.69) is 4.98 Å². The lowest BCUT2D eigenvalue weighted by atomic mass is 10.3. The van der Waals surface area contributed by atoms with E-state index >= 15 is 0 Å². The number of rotatable bonds is 7. The number of hydrogen-bond donors (Lipinski definition) is 0. The fourth-order valence-electron chi connectivity index (χ4n) is 3.08. The van der Waals surface area contributed by atoms with Crippen LogP contribution in [0.1, 0.15) is 12.2 Å². The average Bonchev–Trinajstić information content (AvgIpc) is 2.88. The molecule has 0 bridgehead atoms. The molecule has 1 aliphatic heterocycles. The Morgan fingerprint density at radius 2 is 1.66 bits per heavy atom. The Bertz CT molecular complexity index is 1020. The van der Waals surface area contributed by atoms with Crippen molar-refractivity contribution in [1.29, 1.82) is 0 Å². The SMILES string of the molecule is Cc1nc(S(=O)(=O)N2CCCN(S(=O)(=O)CCOc3ccccc3)CC2)cn1C. The Labute approximate surface area is 172 Å². The number of para-hydroxylation sites is 1. The first kappa shape index (κ1) is 21.8. The number of ether oxygens (including phenoxy) is 1. The topological polar surface area (TPSA) is 102 Å². The third kappa shape index (κ3) is 5.16. The maximum atomic E-state index is 12.9. The molecule has 0 saturated carbocycles. The van der Waals surface area contributed by atoms with Gasteiger partial charge in [-0.25, -0.2) is 26.1 Å². The smallest absolute Gasteiger partial charge is 0.262 e. The number of aromatic nitrogens is 2. The van der Waals surface area contributed by atoms with Gasteiger partial charge >= 0.3 is 0 Å². The minimum Gasteiger partial charge on any atom is -0.492 e. The highest BCUT2D eigenvalue weighted by atomic mass is 32.2. The van der Waals surface area contributed by atoms with Gasteiger partial charge in [-0.1, -0.05) is 18.2 Å². The number of hydrogen-bond acceptors (Lipinski definition) is 6. The lowest BCUT2D eigenvalue weighted by Crippen LogP contribution is -2.39. The zero-order valence-electron chi connectivity index (χ0n) is 16.6. The summed E-state index contributed by atoms with van der Waals surface area (Å²) in [4.78, 5) is 4.11. The highest BCUT2D eigenvalue weighted by Gasteiger charge is 2.32. The van der Waals surface area contributed by atoms with Gasteiger partial charge in [0.15, 0.2) is 5.03 Å². The third-order valence-electron chi connectivity index (χ3n) is 4.85. The van der Waals surface area contributed by atoms with Gasteiger partial charge in [-0.3, -0.25) is 0 Å². The van der Waals surface area contributed by atoms with E-state index in [1.165, 1.54) is 14.8 Å². The summed E-state index contributed by atoms with van der Waals surface area (Å²) in [5, 5.41) is -0.00920. The van der Waals surface area contributed by atoms with Gasteiger partial charge in [-0.2, -0.15) is 4.31 Å². The number of aryl methyl sites for hydroxylation is 2. The molecule has 1 aromatic carbocycles. The monoisotopic (exact) mass is 442 g/mol. The van der Waals surface area contributed by atoms with Gasteiger partial charge in [0.1, 0.15) is 18.2 Å². The van der Waals surface area contributed by atoms with Crippen molar-refractivity contribution in [3.8, 4) is 5.75 Å². The van der Waals surface area contributed by atoms with E-state index in [0.717, 1.165) is 0 Å². The van der Waals surface area contributed by atoms with E-state index in [1.54, 1.807) is 30.7 Å². The molecule has 1 fully saturated rings. The van der Waals surface area contributed by atoms with Crippen molar-refractivity contribution in [3.05, 3.63) is 42.4 Å². The fraction of sp³-hybridized carbons (Fsp3) is 0.500. The lowest BCUT2D eigenvalue weighted by molar-refractivity contribution is 0.334. The van der Waals surface area contributed by atoms with Crippen LogP contribution in [0.4, 0.5) is 0 Å². The second kappa shape index (κ2) is 8.82. The molecule has 29 heavy (non-hydrogen) atoms. The van der Waals surface area contributed by atoms with Crippen molar-refractivity contribution >= 4 is 20.0 Å². The van der Waals surface area contributed by atoms with Crippen molar-refractivity contribution in [1.82, 2.24) is 18.2 Å². The Balaban J connectivity index is 1.61. The van der Waals surface area contributed by atoms with Gasteiger partial charge in [0.25, 0.3) is 10.0 Å². The molecule has 1 aliphatic rings. The van der Waals surface area contributed by atoms with Gasteiger partial charge in [0, 0.05) is 39.4 Å². The molecule has 9 nitrogen and oxygen atoms in total. The van der Waals surface area contributed by atoms with Crippen LogP contribution >= 0.6 is 0 Å². The molecule has 160 valence electrons. The zero-order valence-corrected chi connectivity index (χ0v) is 18.2. The largest absolute Gasteiger partial charge is 0.492 e. The lowest BCUT2D eigenvalue weighted by Gasteiger charge is -2.21. The molecule has 0 radical (unpaired) electrons. The van der Waals surface area contributed by atoms with E-state index in [1.807, 2.05) is 18.2 Å². The first-order valence-electron chi connectivity index (χ1n) is 9.36. The molecule has 0 unspecified atom stereocenters. The van der Waals surface area contributed by atoms with E-state index < -0.39 is 20.0 Å². The van der Waals surface area contributed by atoms with E-state index in [-0.39, 0.29) is 43.6 Å². The van der Waals surface area contributed by atoms with Crippen molar-refractivity contribution < 1.29 is 21.6 Å². The van der Waals surface area contributed by atoms with Crippen LogP contribution in [-0.2, 0) is 27.1 Å². The zero-order chi connectivity index (χ0) is 21.1. The highest BCUT2D eigenvalue weighted by Crippen LogP contribution is 2.18. The quantitative estimate of drug-likeness (QED) is 0.630. The first-order chi connectivity index (χ1) is 13.7. The summed E-state index contributed by atoms with van der Waals surface area (Å²) in [7, 11) is -5.57. The summed E-state index contributed by atoms with van der Waals surface area (Å²) in [6.07, 6.45) is 1.90. The number of imidazole rings is 1. The molecule has 2 aromatic rings. The molecule has 11 heteroatoms. The second-order valence-electron chi connectivity index (χ2n) is 6.87. The maximum Gasteiger partial charge on any atom is 0.262 e. The summed E-state index contributed by atoms with van der Waals surface area (Å²) in [5.74, 6) is 1.05. The Morgan fingerprint density at radius 1 is 1.00 bits per heavy atom. The molecule has 1 saturated heterocycles. The minimum atomic E-state index is -3.75. The van der Waals surface area contributed by atoms with Gasteiger partial charge in [0.05, 0.1) is 5.75 Å². The number of benzene rings is 1. The van der Waals surface area contributed by atoms with Crippen LogP contribution in [0.2, 0.25) is 0 Å². The standard InChI is InChI=1S/C18H26N4O5S2/c1-16-19-18(15-20(16)2)29(25,26)22-10-6-9-21(11-12-22)28(23,24)14-13-27-17-7-4-3-5-8-17/h3-5,7-8,15H,6,9-14H2,1-2H3. The predicted molar refractivity (Wildman–Crippen MR) is 109 cm³/mol. The van der Waals surface area contributed by atoms with Gasteiger partial charge in [-0.05, 0) is 25.5 Å². The molecular formula is C18H26N4O5S2. The molecule has 0 spiro atoms. The average molecular weight is 443 g/mol. The molecular weight excluding hydrogens is 416 g/mol. The normalized spacial score (nSPS) is 17.2. The van der Waals surface area contributed by atoms with Crippen LogP contribution in [-0.4, -0.2) is 73.5 Å². The van der Waals surface area contributed by atoms with Crippen LogP contribution in [0.5, 0.6) is 5.75 Å². The maximum absolute atomic E-state index is 12.9. The molecule has 0 aliphatic carbocycles. The predicted octanol–water partition coefficient (Wildman–Crippen LogP) is 0.834. The minimum absolute atomic E-state index is 0.00920. The molecule has 0 N–H and O–H groups in total. The van der Waals surface area contributed by atoms with E-state index in [9.17, 15) is 16.8 Å². The van der Waals surface area contributed by atoms with Crippen molar-refractivity contribution in [2.24, 2.45) is 7.05 Å². The highest BCUT2D eigenvalue weighted by molar-refractivity contribution is 7.89. The summed E-state index contributed by atoms with van der Waals surface area (Å²) >= 11 is 0. The number of nitrogens with zero attached hydrogens (tertiary/aromatic N) is 4. The summed E-state index contributed by atoms with van der Waals surface area (Å²) in [5.41, 5.74) is 0. The molecule has 3 rings (SSSR count). The van der Waals surface area contributed by atoms with E-state index in [0.29, 0.717) is 18.0 Å². The number of sulfonamides is 2. The van der Waals surface area contributed by atoms with Crippen LogP contribution in [0, 0.1) is 6.92 Å². The molecule has 0 amide bonds. The van der Waals surface area contributed by atoms with Crippen LogP contribution in [0.15, 0.2) is 41.6 Å².